The summed E-state index contributed by atoms with van der Waals surface area (Å²) in [7, 11) is 1.68. The fraction of sp³-hybridized carbons (Fsp3) is 0.321. The fourth-order valence-electron chi connectivity index (χ4n) is 4.92. The van der Waals surface area contributed by atoms with Gasteiger partial charge in [-0.1, -0.05) is 64.5 Å². The maximum absolute atomic E-state index is 12.0. The van der Waals surface area contributed by atoms with E-state index in [1.807, 2.05) is 48.6 Å². The summed E-state index contributed by atoms with van der Waals surface area (Å²) in [6.45, 7) is 0.352. The zero-order chi connectivity index (χ0) is 23.3. The first-order valence-corrected chi connectivity index (χ1v) is 12.1. The van der Waals surface area contributed by atoms with Gasteiger partial charge in [0, 0.05) is 22.7 Å². The molecule has 0 aromatic heterocycles. The molecule has 2 aliphatic carbocycles. The highest BCUT2D eigenvalue weighted by Crippen LogP contribution is 2.48. The minimum absolute atomic E-state index is 0.0281. The molecule has 172 valence electrons. The molecule has 0 heterocycles. The second-order valence-corrected chi connectivity index (χ2v) is 9.47. The van der Waals surface area contributed by atoms with Crippen LogP contribution in [0.4, 0.5) is 0 Å². The Morgan fingerprint density at radius 1 is 1.06 bits per heavy atom. The molecule has 0 aliphatic heterocycles. The number of ether oxygens (including phenoxy) is 2. The van der Waals surface area contributed by atoms with Crippen molar-refractivity contribution < 1.29 is 19.4 Å². The van der Waals surface area contributed by atoms with Crippen LogP contribution in [0.1, 0.15) is 36.0 Å². The van der Waals surface area contributed by atoms with E-state index in [9.17, 15) is 9.90 Å². The van der Waals surface area contributed by atoms with E-state index in [2.05, 4.69) is 40.2 Å². The zero-order valence-corrected chi connectivity index (χ0v) is 20.3. The number of aliphatic hydroxyl groups is 1. The van der Waals surface area contributed by atoms with E-state index in [1.54, 1.807) is 13.2 Å². The lowest BCUT2D eigenvalue weighted by Gasteiger charge is -2.46. The van der Waals surface area contributed by atoms with Gasteiger partial charge in [0.15, 0.2) is 5.78 Å². The minimum Gasteiger partial charge on any atom is -0.497 e. The molecular weight excluding hydrogens is 480 g/mol. The third kappa shape index (κ3) is 5.21. The Labute approximate surface area is 203 Å². The van der Waals surface area contributed by atoms with Crippen molar-refractivity contribution in [1.29, 1.82) is 0 Å². The minimum atomic E-state index is -0.660. The Balaban J connectivity index is 1.78. The molecule has 0 fully saturated rings. The van der Waals surface area contributed by atoms with Crippen molar-refractivity contribution >= 4 is 21.7 Å². The summed E-state index contributed by atoms with van der Waals surface area (Å²) >= 11 is 3.55. The average molecular weight is 509 g/mol. The van der Waals surface area contributed by atoms with E-state index in [-0.39, 0.29) is 24.2 Å². The van der Waals surface area contributed by atoms with Gasteiger partial charge in [0.2, 0.25) is 0 Å². The number of halogens is 1. The Kier molecular flexibility index (Phi) is 7.63. The fourth-order valence-corrected chi connectivity index (χ4v) is 5.51. The lowest BCUT2D eigenvalue weighted by atomic mass is 9.67. The first-order valence-electron chi connectivity index (χ1n) is 11.3. The monoisotopic (exact) mass is 508 g/mol. The molecule has 4 nitrogen and oxygen atoms in total. The average Bonchev–Trinajstić information content (AvgIpc) is 2.86. The largest absolute Gasteiger partial charge is 0.497 e. The van der Waals surface area contributed by atoms with Crippen molar-refractivity contribution in [3.8, 4) is 0 Å². The Morgan fingerprint density at radius 3 is 2.45 bits per heavy atom. The number of rotatable bonds is 8. The van der Waals surface area contributed by atoms with Crippen LogP contribution in [-0.4, -0.2) is 18.0 Å². The zero-order valence-electron chi connectivity index (χ0n) is 18.7. The highest BCUT2D eigenvalue weighted by Gasteiger charge is 2.47. The van der Waals surface area contributed by atoms with E-state index < -0.39 is 5.60 Å². The van der Waals surface area contributed by atoms with Gasteiger partial charge in [0.25, 0.3) is 0 Å². The maximum Gasteiger partial charge on any atom is 0.155 e. The molecule has 1 N–H and O–H groups in total. The van der Waals surface area contributed by atoms with Gasteiger partial charge >= 0.3 is 0 Å². The molecule has 3 atom stereocenters. The first kappa shape index (κ1) is 23.7. The Morgan fingerprint density at radius 2 is 1.82 bits per heavy atom. The third-order valence-corrected chi connectivity index (χ3v) is 6.98. The molecular formula is C28H29BrO4. The summed E-state index contributed by atoms with van der Waals surface area (Å²) in [5.41, 5.74) is 2.25. The second kappa shape index (κ2) is 10.6. The molecule has 2 aromatic rings. The van der Waals surface area contributed by atoms with Gasteiger partial charge in [0.1, 0.15) is 11.4 Å². The van der Waals surface area contributed by atoms with Crippen LogP contribution in [0.25, 0.3) is 0 Å². The van der Waals surface area contributed by atoms with Gasteiger partial charge in [-0.25, -0.2) is 0 Å². The van der Waals surface area contributed by atoms with Crippen molar-refractivity contribution in [1.82, 2.24) is 0 Å². The number of ketones is 1. The summed E-state index contributed by atoms with van der Waals surface area (Å²) in [4.78, 5) is 12.0. The molecule has 0 amide bonds. The highest BCUT2D eigenvalue weighted by molar-refractivity contribution is 9.10. The van der Waals surface area contributed by atoms with E-state index in [0.29, 0.717) is 13.0 Å². The van der Waals surface area contributed by atoms with Gasteiger partial charge in [-0.15, -0.1) is 0 Å². The molecule has 0 spiro atoms. The van der Waals surface area contributed by atoms with E-state index >= 15 is 0 Å². The lowest BCUT2D eigenvalue weighted by molar-refractivity contribution is -0.129. The van der Waals surface area contributed by atoms with Gasteiger partial charge in [-0.3, -0.25) is 4.79 Å². The summed E-state index contributed by atoms with van der Waals surface area (Å²) < 4.78 is 13.3. The summed E-state index contributed by atoms with van der Waals surface area (Å²) in [6.07, 6.45) is 12.0. The molecule has 0 saturated carbocycles. The van der Waals surface area contributed by atoms with Crippen molar-refractivity contribution in [2.45, 2.75) is 38.1 Å². The van der Waals surface area contributed by atoms with Crippen LogP contribution in [0, 0.1) is 11.8 Å². The number of hydrogen-bond donors (Lipinski definition) is 1. The van der Waals surface area contributed by atoms with Crippen molar-refractivity contribution in [3.63, 3.8) is 0 Å². The van der Waals surface area contributed by atoms with Crippen LogP contribution < -0.4 is 0 Å². The van der Waals surface area contributed by atoms with Crippen molar-refractivity contribution in [2.75, 3.05) is 7.11 Å². The van der Waals surface area contributed by atoms with Crippen LogP contribution in [0.5, 0.6) is 0 Å². The predicted molar refractivity (Wildman–Crippen MR) is 132 cm³/mol. The predicted octanol–water partition coefficient (Wildman–Crippen LogP) is 6.00. The number of benzene rings is 2. The van der Waals surface area contributed by atoms with Gasteiger partial charge in [-0.05, 0) is 59.9 Å². The topological polar surface area (TPSA) is 55.8 Å². The van der Waals surface area contributed by atoms with E-state index in [4.69, 9.17) is 9.47 Å². The van der Waals surface area contributed by atoms with E-state index in [1.165, 1.54) is 0 Å². The molecule has 0 bridgehead atoms. The summed E-state index contributed by atoms with van der Waals surface area (Å²) in [6, 6.07) is 16.2. The number of carbonyl (C=O) groups excluding carboxylic acids is 1. The van der Waals surface area contributed by atoms with Gasteiger partial charge in [-0.2, -0.15) is 0 Å². The second-order valence-electron chi connectivity index (χ2n) is 8.56. The summed E-state index contributed by atoms with van der Waals surface area (Å²) in [5, 5.41) is 9.64. The number of hydrogen-bond acceptors (Lipinski definition) is 4. The molecule has 0 radical (unpaired) electrons. The number of aliphatic hydroxyl groups excluding tert-OH is 1. The first-order chi connectivity index (χ1) is 16.0. The molecule has 5 heteroatoms. The summed E-state index contributed by atoms with van der Waals surface area (Å²) in [5.74, 6) is 1.11. The number of carbonyl (C=O) groups is 1. The number of methoxy groups -OCH3 is 1. The molecule has 0 saturated heterocycles. The van der Waals surface area contributed by atoms with E-state index in [0.717, 1.165) is 39.8 Å². The van der Waals surface area contributed by atoms with Crippen LogP contribution in [0.3, 0.4) is 0 Å². The molecule has 4 rings (SSSR count). The molecule has 2 aromatic carbocycles. The Bertz CT molecular complexity index is 1070. The normalized spacial score (nSPS) is 22.0. The molecule has 33 heavy (non-hydrogen) atoms. The third-order valence-electron chi connectivity index (χ3n) is 6.52. The molecule has 3 unspecified atom stereocenters. The van der Waals surface area contributed by atoms with Crippen molar-refractivity contribution in [2.24, 2.45) is 11.8 Å². The maximum atomic E-state index is 12.0. The standard InChI is InChI=1S/C28H29BrO4/c1-32-27-13-9-24(10-14-27)28(22-5-3-2-4-6-22,23-7-11-26(31)12-8-23)33-19-21-15-20(18-30)16-25(29)17-21/h2-7,9,11,13-17,23-24,30H,8,10,12,18-19H2,1H3. The number of allylic oxidation sites excluding steroid dienone is 3. The smallest absolute Gasteiger partial charge is 0.155 e. The Hall–Kier alpha value is -2.47. The van der Waals surface area contributed by atoms with Crippen LogP contribution in [0.15, 0.2) is 89.1 Å². The highest BCUT2D eigenvalue weighted by atomic mass is 79.9. The van der Waals surface area contributed by atoms with Gasteiger partial charge in [0.05, 0.1) is 20.3 Å². The van der Waals surface area contributed by atoms with Crippen LogP contribution in [-0.2, 0) is 33.1 Å². The van der Waals surface area contributed by atoms with Crippen LogP contribution >= 0.6 is 15.9 Å². The quantitative estimate of drug-likeness (QED) is 0.475. The SMILES string of the molecule is COC1=CCC(C(OCc2cc(Br)cc(CO)c2)(c2ccccc2)C2C=CC(=O)CC2)C=C1. The lowest BCUT2D eigenvalue weighted by Crippen LogP contribution is -2.45. The van der Waals surface area contributed by atoms with Crippen molar-refractivity contribution in [3.05, 3.63) is 106 Å². The molecule has 2 aliphatic rings. The van der Waals surface area contributed by atoms with Gasteiger partial charge < -0.3 is 14.6 Å². The van der Waals surface area contributed by atoms with Crippen LogP contribution in [0.2, 0.25) is 0 Å².